The molecule has 26 heavy (non-hydrogen) atoms. The molecule has 0 spiro atoms. The number of benzene rings is 1. The number of carbonyl (C=O) groups is 3. The predicted octanol–water partition coefficient (Wildman–Crippen LogP) is 1.53. The van der Waals surface area contributed by atoms with Gasteiger partial charge in [-0.25, -0.2) is 4.79 Å². The highest BCUT2D eigenvalue weighted by Gasteiger charge is 2.53. The van der Waals surface area contributed by atoms with Gasteiger partial charge in [-0.05, 0) is 19.4 Å². The molecule has 0 radical (unpaired) electrons. The Balaban J connectivity index is 1.55. The third-order valence-corrected chi connectivity index (χ3v) is 5.91. The van der Waals surface area contributed by atoms with E-state index in [1.54, 1.807) is 4.90 Å². The van der Waals surface area contributed by atoms with Crippen LogP contribution in [-0.2, 0) is 19.1 Å². The van der Waals surface area contributed by atoms with Gasteiger partial charge in [-0.1, -0.05) is 6.07 Å². The normalized spacial score (nSPS) is 24.3. The second-order valence-electron chi connectivity index (χ2n) is 6.23. The molecule has 2 aliphatic heterocycles. The van der Waals surface area contributed by atoms with Crippen molar-refractivity contribution in [2.24, 2.45) is 0 Å². The van der Waals surface area contributed by atoms with Crippen molar-refractivity contribution in [1.82, 2.24) is 4.90 Å². The highest BCUT2D eigenvalue weighted by molar-refractivity contribution is 8.01. The number of nitro groups is 1. The van der Waals surface area contributed by atoms with E-state index in [4.69, 9.17) is 4.74 Å². The molecule has 0 saturated carbocycles. The fourth-order valence-corrected chi connectivity index (χ4v) is 4.54. The number of amides is 2. The first-order chi connectivity index (χ1) is 12.3. The first kappa shape index (κ1) is 18.2. The summed E-state index contributed by atoms with van der Waals surface area (Å²) in [6.07, 6.45) is 1.09. The third kappa shape index (κ3) is 3.50. The lowest BCUT2D eigenvalue weighted by Crippen LogP contribution is -2.47. The average molecular weight is 379 g/mol. The molecule has 1 aromatic carbocycles. The van der Waals surface area contributed by atoms with Crippen LogP contribution in [0.2, 0.25) is 0 Å². The standard InChI is InChI=1S/C16H17N3O6S/c1-16-6-5-14(21)18(16)12(9-26-16)15(22)25-8-13(20)17-10-3-2-4-11(7-10)19(23)24/h2-4,7,12H,5-6,8-9H2,1H3,(H,17,20)/t12-,16+/m0/s1. The van der Waals surface area contributed by atoms with Gasteiger partial charge in [0.1, 0.15) is 6.04 Å². The topological polar surface area (TPSA) is 119 Å². The highest BCUT2D eigenvalue weighted by atomic mass is 32.2. The van der Waals surface area contributed by atoms with E-state index in [2.05, 4.69) is 5.32 Å². The molecule has 0 bridgehead atoms. The molecule has 10 heteroatoms. The number of nitrogens with one attached hydrogen (secondary N) is 1. The van der Waals surface area contributed by atoms with Crippen LogP contribution in [0, 0.1) is 10.1 Å². The number of hydrogen-bond acceptors (Lipinski definition) is 7. The number of esters is 1. The van der Waals surface area contributed by atoms with Gasteiger partial charge in [0, 0.05) is 30.0 Å². The van der Waals surface area contributed by atoms with Crippen LogP contribution >= 0.6 is 11.8 Å². The molecule has 138 valence electrons. The minimum Gasteiger partial charge on any atom is -0.454 e. The fourth-order valence-electron chi connectivity index (χ4n) is 3.12. The Hall–Kier alpha value is -2.62. The van der Waals surface area contributed by atoms with Gasteiger partial charge in [0.05, 0.1) is 9.79 Å². The number of non-ortho nitro benzene ring substituents is 1. The molecule has 0 unspecified atom stereocenters. The molecular weight excluding hydrogens is 362 g/mol. The summed E-state index contributed by atoms with van der Waals surface area (Å²) in [5, 5.41) is 13.2. The lowest BCUT2D eigenvalue weighted by atomic mass is 10.2. The molecule has 0 aliphatic carbocycles. The van der Waals surface area contributed by atoms with Gasteiger partial charge < -0.3 is 15.0 Å². The Bertz CT molecular complexity index is 785. The molecular formula is C16H17N3O6S. The zero-order valence-electron chi connectivity index (χ0n) is 14.0. The van der Waals surface area contributed by atoms with Crippen LogP contribution in [0.3, 0.4) is 0 Å². The van der Waals surface area contributed by atoms with E-state index in [0.29, 0.717) is 18.6 Å². The van der Waals surface area contributed by atoms with Gasteiger partial charge in [-0.2, -0.15) is 0 Å². The lowest BCUT2D eigenvalue weighted by molar-refractivity contribution is -0.384. The molecule has 2 fully saturated rings. The predicted molar refractivity (Wildman–Crippen MR) is 93.4 cm³/mol. The van der Waals surface area contributed by atoms with Gasteiger partial charge in [-0.15, -0.1) is 11.8 Å². The van der Waals surface area contributed by atoms with Crippen molar-refractivity contribution in [3.63, 3.8) is 0 Å². The highest BCUT2D eigenvalue weighted by Crippen LogP contribution is 2.47. The Labute approximate surface area is 153 Å². The molecule has 2 saturated heterocycles. The quantitative estimate of drug-likeness (QED) is 0.468. The summed E-state index contributed by atoms with van der Waals surface area (Å²) in [6, 6.07) is 4.76. The largest absolute Gasteiger partial charge is 0.454 e. The molecule has 3 rings (SSSR count). The Morgan fingerprint density at radius 3 is 3.00 bits per heavy atom. The maximum Gasteiger partial charge on any atom is 0.330 e. The number of ether oxygens (including phenoxy) is 1. The molecule has 1 N–H and O–H groups in total. The van der Waals surface area contributed by atoms with Gasteiger partial charge in [0.2, 0.25) is 5.91 Å². The van der Waals surface area contributed by atoms with Crippen molar-refractivity contribution >= 4 is 40.9 Å². The summed E-state index contributed by atoms with van der Waals surface area (Å²) >= 11 is 1.54. The van der Waals surface area contributed by atoms with Crippen molar-refractivity contribution in [2.45, 2.75) is 30.7 Å². The zero-order valence-corrected chi connectivity index (χ0v) is 14.8. The van der Waals surface area contributed by atoms with Gasteiger partial charge in [-0.3, -0.25) is 19.7 Å². The Morgan fingerprint density at radius 1 is 1.50 bits per heavy atom. The first-order valence-corrected chi connectivity index (χ1v) is 8.96. The van der Waals surface area contributed by atoms with Gasteiger partial charge in [0.25, 0.3) is 11.6 Å². The van der Waals surface area contributed by atoms with E-state index in [0.717, 1.165) is 0 Å². The van der Waals surface area contributed by atoms with Crippen molar-refractivity contribution in [3.8, 4) is 0 Å². The van der Waals surface area contributed by atoms with E-state index in [-0.39, 0.29) is 22.2 Å². The van der Waals surface area contributed by atoms with Gasteiger partial charge >= 0.3 is 5.97 Å². The van der Waals surface area contributed by atoms with Crippen LogP contribution in [0.25, 0.3) is 0 Å². The van der Waals surface area contributed by atoms with Crippen LogP contribution < -0.4 is 5.32 Å². The summed E-state index contributed by atoms with van der Waals surface area (Å²) in [7, 11) is 0. The van der Waals surface area contributed by atoms with Gasteiger partial charge in [0.15, 0.2) is 6.61 Å². The SMILES string of the molecule is C[C@@]12CCC(=O)N1[C@H](C(=O)OCC(=O)Nc1cccc([N+](=O)[O-])c1)CS2. The number of nitro benzene ring substituents is 1. The fraction of sp³-hybridized carbons (Fsp3) is 0.438. The van der Waals surface area contributed by atoms with Crippen LogP contribution in [0.1, 0.15) is 19.8 Å². The zero-order chi connectivity index (χ0) is 18.9. The number of anilines is 1. The minimum absolute atomic E-state index is 0.0829. The third-order valence-electron chi connectivity index (χ3n) is 4.40. The maximum atomic E-state index is 12.3. The summed E-state index contributed by atoms with van der Waals surface area (Å²) in [5.74, 6) is -0.876. The number of nitrogens with zero attached hydrogens (tertiary/aromatic N) is 2. The molecule has 0 aromatic heterocycles. The van der Waals surface area contributed by atoms with Crippen LogP contribution in [0.15, 0.2) is 24.3 Å². The maximum absolute atomic E-state index is 12.3. The van der Waals surface area contributed by atoms with E-state index < -0.39 is 29.4 Å². The second-order valence-corrected chi connectivity index (χ2v) is 7.73. The van der Waals surface area contributed by atoms with Crippen LogP contribution in [0.4, 0.5) is 11.4 Å². The first-order valence-electron chi connectivity index (χ1n) is 7.97. The number of hydrogen-bond donors (Lipinski definition) is 1. The summed E-state index contributed by atoms with van der Waals surface area (Å²) in [6.45, 7) is 1.40. The molecule has 9 nitrogen and oxygen atoms in total. The van der Waals surface area contributed by atoms with Crippen LogP contribution in [0.5, 0.6) is 0 Å². The smallest absolute Gasteiger partial charge is 0.330 e. The van der Waals surface area contributed by atoms with Crippen molar-refractivity contribution in [3.05, 3.63) is 34.4 Å². The molecule has 1 aromatic rings. The summed E-state index contributed by atoms with van der Waals surface area (Å²) in [5.41, 5.74) is 0.0774. The lowest BCUT2D eigenvalue weighted by Gasteiger charge is -2.29. The average Bonchev–Trinajstić information content (AvgIpc) is 3.09. The molecule has 2 atom stereocenters. The van der Waals surface area contributed by atoms with Crippen molar-refractivity contribution < 1.29 is 24.0 Å². The number of fused-ring (bicyclic) bond motifs is 1. The molecule has 2 heterocycles. The van der Waals surface area contributed by atoms with E-state index >= 15 is 0 Å². The van der Waals surface area contributed by atoms with E-state index in [9.17, 15) is 24.5 Å². The Kier molecular flexibility index (Phi) is 4.86. The van der Waals surface area contributed by atoms with E-state index in [1.165, 1.54) is 36.0 Å². The number of rotatable bonds is 5. The number of carbonyl (C=O) groups excluding carboxylic acids is 3. The van der Waals surface area contributed by atoms with Crippen molar-refractivity contribution in [1.29, 1.82) is 0 Å². The number of thioether (sulfide) groups is 1. The summed E-state index contributed by atoms with van der Waals surface area (Å²) in [4.78, 5) is 47.5. The van der Waals surface area contributed by atoms with E-state index in [1.807, 2.05) is 6.92 Å². The molecule has 2 aliphatic rings. The monoisotopic (exact) mass is 379 g/mol. The molecule has 2 amide bonds. The Morgan fingerprint density at radius 2 is 2.27 bits per heavy atom. The van der Waals surface area contributed by atoms with Crippen LogP contribution in [-0.4, -0.2) is 50.9 Å². The van der Waals surface area contributed by atoms with Crippen molar-refractivity contribution in [2.75, 3.05) is 17.7 Å². The summed E-state index contributed by atoms with van der Waals surface area (Å²) < 4.78 is 5.05. The second kappa shape index (κ2) is 6.94. The minimum atomic E-state index is -0.689.